The van der Waals surface area contributed by atoms with E-state index in [0.29, 0.717) is 23.8 Å². The van der Waals surface area contributed by atoms with Crippen molar-refractivity contribution in [3.63, 3.8) is 0 Å². The molecule has 0 unspecified atom stereocenters. The first-order valence-corrected chi connectivity index (χ1v) is 10.9. The number of anilines is 1. The van der Waals surface area contributed by atoms with E-state index in [4.69, 9.17) is 22.1 Å². The molecule has 0 fully saturated rings. The third-order valence-electron chi connectivity index (χ3n) is 4.78. The minimum absolute atomic E-state index is 0.244. The number of thiocarbonyl (C=S) groups is 1. The normalized spacial score (nSPS) is 13.1. The Labute approximate surface area is 179 Å². The molecule has 2 aromatic rings. The van der Waals surface area contributed by atoms with Gasteiger partial charge in [0.15, 0.2) is 5.11 Å². The molecule has 1 aliphatic rings. The van der Waals surface area contributed by atoms with Crippen molar-refractivity contribution in [2.24, 2.45) is 0 Å². The molecule has 6 nitrogen and oxygen atoms in total. The molecule has 0 saturated carbocycles. The van der Waals surface area contributed by atoms with Crippen molar-refractivity contribution in [2.45, 2.75) is 45.6 Å². The highest BCUT2D eigenvalue weighted by molar-refractivity contribution is 7.80. The van der Waals surface area contributed by atoms with Gasteiger partial charge in [-0.2, -0.15) is 0 Å². The van der Waals surface area contributed by atoms with Gasteiger partial charge in [0.2, 0.25) is 0 Å². The number of carboxylic acid groups (broad SMARTS) is 1. The van der Waals surface area contributed by atoms with Crippen molar-refractivity contribution in [3.05, 3.63) is 51.4 Å². The number of benzene rings is 1. The fourth-order valence-corrected chi connectivity index (χ4v) is 4.87. The van der Waals surface area contributed by atoms with E-state index in [-0.39, 0.29) is 11.5 Å². The van der Waals surface area contributed by atoms with Gasteiger partial charge in [0.05, 0.1) is 17.7 Å². The Hall–Kier alpha value is -2.45. The molecule has 3 N–H and O–H groups in total. The molecule has 1 heterocycles. The monoisotopic (exact) mass is 432 g/mol. The first-order chi connectivity index (χ1) is 14.0. The minimum Gasteiger partial charge on any atom is -0.478 e. The maximum Gasteiger partial charge on any atom is 0.341 e. The van der Waals surface area contributed by atoms with E-state index < -0.39 is 5.97 Å². The van der Waals surface area contributed by atoms with Crippen LogP contribution in [-0.2, 0) is 24.1 Å². The summed E-state index contributed by atoms with van der Waals surface area (Å²) in [5.41, 5.74) is 2.87. The summed E-state index contributed by atoms with van der Waals surface area (Å²) in [5, 5.41) is 16.4. The predicted octanol–water partition coefficient (Wildman–Crippen LogP) is 4.38. The number of carboxylic acids is 1. The summed E-state index contributed by atoms with van der Waals surface area (Å²) in [7, 11) is 0. The van der Waals surface area contributed by atoms with Crippen molar-refractivity contribution in [1.29, 1.82) is 0 Å². The molecular formula is C21H24N2O4S2. The molecule has 0 bridgehead atoms. The zero-order valence-corrected chi connectivity index (χ0v) is 17.9. The van der Waals surface area contributed by atoms with Crippen LogP contribution in [0.2, 0.25) is 0 Å². The summed E-state index contributed by atoms with van der Waals surface area (Å²) in [4.78, 5) is 24.8. The molecule has 0 saturated heterocycles. The highest BCUT2D eigenvalue weighted by atomic mass is 32.1. The van der Waals surface area contributed by atoms with Gasteiger partial charge in [-0.05, 0) is 68.1 Å². The Kier molecular flexibility index (Phi) is 7.22. The van der Waals surface area contributed by atoms with Gasteiger partial charge < -0.3 is 20.5 Å². The van der Waals surface area contributed by atoms with E-state index in [1.165, 1.54) is 11.3 Å². The number of aromatic carboxylic acids is 1. The Balaban J connectivity index is 1.70. The molecule has 1 aromatic heterocycles. The quantitative estimate of drug-likeness (QED) is 0.355. The van der Waals surface area contributed by atoms with Gasteiger partial charge in [-0.3, -0.25) is 0 Å². The lowest BCUT2D eigenvalue weighted by Gasteiger charge is -2.12. The van der Waals surface area contributed by atoms with Crippen LogP contribution in [0.4, 0.5) is 5.00 Å². The summed E-state index contributed by atoms with van der Waals surface area (Å²) in [6, 6.07) is 6.61. The SMILES string of the molecule is CCOC(=O)c1c(NC(=S)NCc2ccc(C(=O)O)cc2)sc2c1CCCCC2. The van der Waals surface area contributed by atoms with Crippen LogP contribution in [0.25, 0.3) is 0 Å². The molecule has 1 aliphatic carbocycles. The van der Waals surface area contributed by atoms with Gasteiger partial charge >= 0.3 is 11.9 Å². The predicted molar refractivity (Wildman–Crippen MR) is 118 cm³/mol. The summed E-state index contributed by atoms with van der Waals surface area (Å²) in [6.07, 6.45) is 5.24. The van der Waals surface area contributed by atoms with Gasteiger partial charge in [0.1, 0.15) is 5.00 Å². The number of ether oxygens (including phenoxy) is 1. The number of nitrogens with one attached hydrogen (secondary N) is 2. The number of aryl methyl sites for hydroxylation is 1. The van der Waals surface area contributed by atoms with Crippen LogP contribution in [0.15, 0.2) is 24.3 Å². The number of fused-ring (bicyclic) bond motifs is 1. The molecule has 0 aliphatic heterocycles. The first-order valence-electron chi connectivity index (χ1n) is 9.68. The number of hydrogen-bond donors (Lipinski definition) is 3. The van der Waals surface area contributed by atoms with E-state index in [0.717, 1.165) is 41.8 Å². The van der Waals surface area contributed by atoms with Crippen LogP contribution < -0.4 is 10.6 Å². The van der Waals surface area contributed by atoms with Gasteiger partial charge in [-0.15, -0.1) is 11.3 Å². The van der Waals surface area contributed by atoms with Crippen molar-refractivity contribution < 1.29 is 19.4 Å². The zero-order valence-electron chi connectivity index (χ0n) is 16.2. The van der Waals surface area contributed by atoms with Crippen LogP contribution in [0.3, 0.4) is 0 Å². The molecule has 1 aromatic carbocycles. The van der Waals surface area contributed by atoms with Gasteiger partial charge in [-0.25, -0.2) is 9.59 Å². The first kappa shape index (κ1) is 21.3. The van der Waals surface area contributed by atoms with Crippen molar-refractivity contribution in [1.82, 2.24) is 5.32 Å². The standard InChI is InChI=1S/C21H24N2O4S2/c1-2-27-20(26)17-15-6-4-3-5-7-16(15)29-18(17)23-21(28)22-12-13-8-10-14(11-9-13)19(24)25/h8-11H,2-7,12H2,1H3,(H,24,25)(H2,22,23,28). The van der Waals surface area contributed by atoms with Gasteiger partial charge in [0.25, 0.3) is 0 Å². The summed E-state index contributed by atoms with van der Waals surface area (Å²) >= 11 is 7.00. The number of carbonyl (C=O) groups excluding carboxylic acids is 1. The second kappa shape index (κ2) is 9.84. The van der Waals surface area contributed by atoms with Crippen LogP contribution in [0.5, 0.6) is 0 Å². The highest BCUT2D eigenvalue weighted by Gasteiger charge is 2.26. The fraction of sp³-hybridized carbons (Fsp3) is 0.381. The van der Waals surface area contributed by atoms with Crippen molar-refractivity contribution in [2.75, 3.05) is 11.9 Å². The third-order valence-corrected chi connectivity index (χ3v) is 6.24. The smallest absolute Gasteiger partial charge is 0.341 e. The molecule has 0 atom stereocenters. The maximum absolute atomic E-state index is 12.6. The lowest BCUT2D eigenvalue weighted by atomic mass is 10.1. The zero-order chi connectivity index (χ0) is 20.8. The van der Waals surface area contributed by atoms with E-state index in [1.807, 2.05) is 0 Å². The van der Waals surface area contributed by atoms with E-state index >= 15 is 0 Å². The molecule has 0 spiro atoms. The van der Waals surface area contributed by atoms with Crippen LogP contribution in [0, 0.1) is 0 Å². The highest BCUT2D eigenvalue weighted by Crippen LogP contribution is 2.38. The molecule has 0 amide bonds. The average molecular weight is 433 g/mol. The average Bonchev–Trinajstić information content (AvgIpc) is 2.87. The number of esters is 1. The second-order valence-corrected chi connectivity index (χ2v) is 8.31. The summed E-state index contributed by atoms with van der Waals surface area (Å²) in [6.45, 7) is 2.58. The third kappa shape index (κ3) is 5.33. The Morgan fingerprint density at radius 2 is 1.90 bits per heavy atom. The Morgan fingerprint density at radius 3 is 2.59 bits per heavy atom. The van der Waals surface area contributed by atoms with Crippen LogP contribution in [-0.4, -0.2) is 28.8 Å². The van der Waals surface area contributed by atoms with Crippen molar-refractivity contribution in [3.8, 4) is 0 Å². The molecule has 29 heavy (non-hydrogen) atoms. The lowest BCUT2D eigenvalue weighted by Crippen LogP contribution is -2.28. The minimum atomic E-state index is -0.953. The largest absolute Gasteiger partial charge is 0.478 e. The molecular weight excluding hydrogens is 408 g/mol. The summed E-state index contributed by atoms with van der Waals surface area (Å²) < 4.78 is 5.29. The number of thiophene rings is 1. The molecule has 154 valence electrons. The fourth-order valence-electron chi connectivity index (χ4n) is 3.34. The topological polar surface area (TPSA) is 87.7 Å². The van der Waals surface area contributed by atoms with Crippen molar-refractivity contribution >= 4 is 45.6 Å². The van der Waals surface area contributed by atoms with E-state index in [9.17, 15) is 9.59 Å². The van der Waals surface area contributed by atoms with E-state index in [1.54, 1.807) is 42.5 Å². The number of carbonyl (C=O) groups is 2. The molecule has 8 heteroatoms. The molecule has 0 radical (unpaired) electrons. The second-order valence-electron chi connectivity index (χ2n) is 6.80. The Morgan fingerprint density at radius 1 is 1.17 bits per heavy atom. The van der Waals surface area contributed by atoms with Crippen LogP contribution in [0.1, 0.15) is 62.9 Å². The summed E-state index contributed by atoms with van der Waals surface area (Å²) in [5.74, 6) is -1.26. The number of rotatable bonds is 6. The number of hydrogen-bond acceptors (Lipinski definition) is 5. The van der Waals surface area contributed by atoms with Gasteiger partial charge in [0, 0.05) is 11.4 Å². The molecule has 3 rings (SSSR count). The lowest BCUT2D eigenvalue weighted by molar-refractivity contribution is 0.0526. The Bertz CT molecular complexity index is 906. The van der Waals surface area contributed by atoms with E-state index in [2.05, 4.69) is 10.6 Å². The van der Waals surface area contributed by atoms with Crippen LogP contribution >= 0.6 is 23.6 Å². The van der Waals surface area contributed by atoms with Gasteiger partial charge in [-0.1, -0.05) is 18.6 Å². The maximum atomic E-state index is 12.6.